The van der Waals surface area contributed by atoms with Gasteiger partial charge in [0.2, 0.25) is 6.19 Å². The number of alkyl halides is 2. The molecule has 3 heterocycles. The maximum atomic E-state index is 13.0. The van der Waals surface area contributed by atoms with Gasteiger partial charge in [0.1, 0.15) is 11.6 Å². The van der Waals surface area contributed by atoms with Gasteiger partial charge in [-0.2, -0.15) is 14.0 Å². The fourth-order valence-corrected chi connectivity index (χ4v) is 6.23. The molecule has 5 nitrogen and oxygen atoms in total. The van der Waals surface area contributed by atoms with Gasteiger partial charge in [0.05, 0.1) is 22.3 Å². The standard InChI is InChI=1S/C18H11ClF2N4OS/c19-9-4-5-10-11(6-9)25-12-7-15(17(25)24-10)27(23-8-22)14-3-1-2-13(16(12)14)26-18(20)21/h1-6,12,15,18H,7H2/t12-,15-,27-/m1/s1. The first-order valence-electron chi connectivity index (χ1n) is 8.16. The third-order valence-corrected chi connectivity index (χ3v) is 7.19. The number of rotatable bonds is 2. The molecule has 5 rings (SSSR count). The average molecular weight is 405 g/mol. The highest BCUT2D eigenvalue weighted by Crippen LogP contribution is 2.54. The van der Waals surface area contributed by atoms with Gasteiger partial charge < -0.3 is 9.30 Å². The first-order chi connectivity index (χ1) is 13.1. The monoisotopic (exact) mass is 404 g/mol. The summed E-state index contributed by atoms with van der Waals surface area (Å²) < 4.78 is 36.9. The Morgan fingerprint density at radius 1 is 1.37 bits per heavy atom. The van der Waals surface area contributed by atoms with Crippen LogP contribution in [0.3, 0.4) is 0 Å². The van der Waals surface area contributed by atoms with Gasteiger partial charge in [-0.1, -0.05) is 17.7 Å². The molecule has 2 aliphatic heterocycles. The lowest BCUT2D eigenvalue weighted by Gasteiger charge is -2.27. The van der Waals surface area contributed by atoms with Crippen molar-refractivity contribution in [1.29, 1.82) is 5.26 Å². The minimum Gasteiger partial charge on any atom is -0.434 e. The molecule has 0 N–H and O–H groups in total. The normalized spacial score (nSPS) is 22.7. The highest BCUT2D eigenvalue weighted by Gasteiger charge is 2.45. The Kier molecular flexibility index (Phi) is 3.71. The Labute approximate surface area is 160 Å². The molecule has 0 radical (unpaired) electrons. The van der Waals surface area contributed by atoms with Crippen LogP contribution in [0.15, 0.2) is 45.7 Å². The van der Waals surface area contributed by atoms with Gasteiger partial charge in [0, 0.05) is 15.5 Å². The molecule has 0 unspecified atom stereocenters. The van der Waals surface area contributed by atoms with Crippen LogP contribution in [-0.2, 0) is 10.7 Å². The van der Waals surface area contributed by atoms with Gasteiger partial charge in [0.25, 0.3) is 0 Å². The van der Waals surface area contributed by atoms with Gasteiger partial charge in [-0.3, -0.25) is 0 Å². The zero-order chi connectivity index (χ0) is 18.7. The van der Waals surface area contributed by atoms with E-state index in [2.05, 4.69) is 4.36 Å². The van der Waals surface area contributed by atoms with E-state index < -0.39 is 17.3 Å². The number of hydrogen-bond acceptors (Lipinski definition) is 4. The van der Waals surface area contributed by atoms with Crippen molar-refractivity contribution in [3.05, 3.63) is 52.8 Å². The van der Waals surface area contributed by atoms with Crippen molar-refractivity contribution in [3.63, 3.8) is 0 Å². The predicted molar refractivity (Wildman–Crippen MR) is 97.0 cm³/mol. The fraction of sp³-hybridized carbons (Fsp3) is 0.222. The summed E-state index contributed by atoms with van der Waals surface area (Å²) in [7, 11) is -0.812. The van der Waals surface area contributed by atoms with Crippen molar-refractivity contribution in [3.8, 4) is 11.9 Å². The fourth-order valence-electron chi connectivity index (χ4n) is 4.03. The maximum absolute atomic E-state index is 13.0. The van der Waals surface area contributed by atoms with E-state index in [1.165, 1.54) is 6.07 Å². The van der Waals surface area contributed by atoms with Gasteiger partial charge >= 0.3 is 6.61 Å². The molecule has 0 spiro atoms. The number of imidazole rings is 1. The maximum Gasteiger partial charge on any atom is 0.387 e. The van der Waals surface area contributed by atoms with E-state index in [-0.39, 0.29) is 17.0 Å². The van der Waals surface area contributed by atoms with Crippen LogP contribution >= 0.6 is 11.6 Å². The quantitative estimate of drug-likeness (QED) is 0.566. The molecule has 0 fully saturated rings. The average Bonchev–Trinajstić information content (AvgIpc) is 3.14. The van der Waals surface area contributed by atoms with Crippen molar-refractivity contribution in [2.75, 3.05) is 0 Å². The molecule has 0 saturated carbocycles. The van der Waals surface area contributed by atoms with Gasteiger partial charge in [-0.15, -0.1) is 4.36 Å². The summed E-state index contributed by atoms with van der Waals surface area (Å²) in [6, 6.07) is 10.2. The highest BCUT2D eigenvalue weighted by molar-refractivity contribution is 7.87. The van der Waals surface area contributed by atoms with E-state index in [0.717, 1.165) is 21.8 Å². The number of nitrogens with zero attached hydrogens (tertiary/aromatic N) is 4. The number of nitriles is 1. The zero-order valence-corrected chi connectivity index (χ0v) is 15.2. The molecule has 0 amide bonds. The van der Waals surface area contributed by atoms with E-state index in [1.54, 1.807) is 12.1 Å². The molecule has 0 aliphatic carbocycles. The van der Waals surface area contributed by atoms with Crippen LogP contribution < -0.4 is 4.74 Å². The van der Waals surface area contributed by atoms with Crippen molar-refractivity contribution in [1.82, 2.24) is 9.55 Å². The number of ether oxygens (including phenoxy) is 1. The van der Waals surface area contributed by atoms with Crippen molar-refractivity contribution in [2.24, 2.45) is 4.36 Å². The van der Waals surface area contributed by atoms with E-state index in [0.29, 0.717) is 17.0 Å². The van der Waals surface area contributed by atoms with Crippen LogP contribution in [0.4, 0.5) is 8.78 Å². The number of halogens is 3. The summed E-state index contributed by atoms with van der Waals surface area (Å²) in [5, 5.41) is 9.70. The van der Waals surface area contributed by atoms with Gasteiger partial charge in [0.15, 0.2) is 0 Å². The molecule has 136 valence electrons. The Bertz CT molecular complexity index is 1170. The minimum atomic E-state index is -2.93. The summed E-state index contributed by atoms with van der Waals surface area (Å²) in [6.45, 7) is -2.93. The summed E-state index contributed by atoms with van der Waals surface area (Å²) in [6.07, 6.45) is 2.52. The molecule has 27 heavy (non-hydrogen) atoms. The van der Waals surface area contributed by atoms with Gasteiger partial charge in [-0.25, -0.2) is 4.98 Å². The third-order valence-electron chi connectivity index (χ3n) is 4.93. The SMILES string of the molecule is N#CN=[S@@]1c2cccc(OC(F)F)c2[C@H]2C[C@@H]1c1nc3ccc(Cl)cc3n12. The first kappa shape index (κ1) is 16.7. The summed E-state index contributed by atoms with van der Waals surface area (Å²) >= 11 is 6.17. The molecular formula is C18H11ClF2N4OS. The van der Waals surface area contributed by atoms with Gasteiger partial charge in [-0.05, 0) is 47.4 Å². The second-order valence-electron chi connectivity index (χ2n) is 6.27. The van der Waals surface area contributed by atoms with Crippen molar-refractivity contribution in [2.45, 2.75) is 29.2 Å². The van der Waals surface area contributed by atoms with E-state index in [4.69, 9.17) is 21.3 Å². The largest absolute Gasteiger partial charge is 0.434 e. The molecule has 9 heteroatoms. The molecular weight excluding hydrogens is 394 g/mol. The Hall–Kier alpha value is -2.50. The van der Waals surface area contributed by atoms with E-state index in [1.807, 2.05) is 29.0 Å². The van der Waals surface area contributed by atoms with E-state index in [9.17, 15) is 14.0 Å². The van der Waals surface area contributed by atoms with Crippen molar-refractivity contribution < 1.29 is 13.5 Å². The van der Waals surface area contributed by atoms with Crippen LogP contribution in [0.2, 0.25) is 5.02 Å². The third kappa shape index (κ3) is 2.38. The Morgan fingerprint density at radius 3 is 3.00 bits per heavy atom. The summed E-state index contributed by atoms with van der Waals surface area (Å²) in [5.41, 5.74) is 2.26. The molecule has 3 aromatic rings. The summed E-state index contributed by atoms with van der Waals surface area (Å²) in [5.74, 6) is 0.923. The number of fused-ring (bicyclic) bond motifs is 9. The van der Waals surface area contributed by atoms with E-state index >= 15 is 0 Å². The topological polar surface area (TPSA) is 63.2 Å². The lowest BCUT2D eigenvalue weighted by Crippen LogP contribution is -2.17. The first-order valence-corrected chi connectivity index (χ1v) is 9.79. The highest BCUT2D eigenvalue weighted by atomic mass is 35.5. The lowest BCUT2D eigenvalue weighted by atomic mass is 10.0. The number of benzene rings is 2. The van der Waals surface area contributed by atoms with Crippen LogP contribution in [-0.4, -0.2) is 16.2 Å². The van der Waals surface area contributed by atoms with Crippen LogP contribution in [0, 0.1) is 11.5 Å². The van der Waals surface area contributed by atoms with Crippen LogP contribution in [0.5, 0.6) is 5.75 Å². The summed E-state index contributed by atoms with van der Waals surface area (Å²) in [4.78, 5) is 5.50. The number of aromatic nitrogens is 2. The molecule has 2 bridgehead atoms. The Morgan fingerprint density at radius 2 is 2.22 bits per heavy atom. The molecule has 3 atom stereocenters. The molecule has 2 aromatic carbocycles. The molecule has 1 aromatic heterocycles. The van der Waals surface area contributed by atoms with Crippen LogP contribution in [0.25, 0.3) is 11.0 Å². The lowest BCUT2D eigenvalue weighted by molar-refractivity contribution is -0.0508. The number of hydrogen-bond donors (Lipinski definition) is 0. The smallest absolute Gasteiger partial charge is 0.387 e. The minimum absolute atomic E-state index is 0.0740. The van der Waals surface area contributed by atoms with Crippen molar-refractivity contribution >= 4 is 33.3 Å². The zero-order valence-electron chi connectivity index (χ0n) is 13.6. The molecule has 2 aliphatic rings. The molecule has 0 saturated heterocycles. The van der Waals surface area contributed by atoms with Crippen LogP contribution in [0.1, 0.15) is 29.1 Å². The Balaban J connectivity index is 1.83. The second-order valence-corrected chi connectivity index (χ2v) is 8.52. The second kappa shape index (κ2) is 6.01. The predicted octanol–water partition coefficient (Wildman–Crippen LogP) is 4.98.